The van der Waals surface area contributed by atoms with E-state index < -0.39 is 0 Å². The molecule has 280 valence electrons. The van der Waals surface area contributed by atoms with Crippen molar-refractivity contribution in [3.8, 4) is 39.8 Å². The van der Waals surface area contributed by atoms with Crippen LogP contribution in [0.15, 0.2) is 164 Å². The molecule has 5 nitrogen and oxygen atoms in total. The van der Waals surface area contributed by atoms with Crippen molar-refractivity contribution < 1.29 is 9.30 Å². The summed E-state index contributed by atoms with van der Waals surface area (Å²) < 4.78 is 13.5. The molecule has 5 heteroatoms. The second-order valence-corrected chi connectivity index (χ2v) is 17.3. The third-order valence-corrected chi connectivity index (χ3v) is 13.1. The normalized spacial score (nSPS) is 15.7. The summed E-state index contributed by atoms with van der Waals surface area (Å²) in [5, 5.41) is 2.35. The smallest absolute Gasteiger partial charge is 0.269 e. The molecule has 0 saturated heterocycles. The number of imidazole rings is 1. The Morgan fingerprint density at radius 3 is 2.24 bits per heavy atom. The van der Waals surface area contributed by atoms with Crippen LogP contribution >= 0.6 is 0 Å². The first kappa shape index (κ1) is 32.8. The van der Waals surface area contributed by atoms with Gasteiger partial charge in [0.15, 0.2) is 0 Å². The maximum atomic E-state index is 6.76. The Bertz CT molecular complexity index is 3430. The zero-order valence-electron chi connectivity index (χ0n) is 32.9. The van der Waals surface area contributed by atoms with Gasteiger partial charge in [0.05, 0.1) is 33.4 Å². The zero-order valence-corrected chi connectivity index (χ0v) is 32.9. The van der Waals surface area contributed by atoms with Gasteiger partial charge in [-0.1, -0.05) is 118 Å². The van der Waals surface area contributed by atoms with Gasteiger partial charge in [-0.15, -0.1) is 0 Å². The molecule has 6 bridgehead atoms. The Balaban J connectivity index is 0.952. The molecule has 0 amide bonds. The summed E-state index contributed by atoms with van der Waals surface area (Å²) in [5.41, 5.74) is 18.7. The molecule has 15 rings (SSSR count). The van der Waals surface area contributed by atoms with Crippen LogP contribution in [0.2, 0.25) is 0 Å². The van der Waals surface area contributed by atoms with Crippen LogP contribution in [0, 0.1) is 6.33 Å². The van der Waals surface area contributed by atoms with Crippen LogP contribution in [0.5, 0.6) is 11.5 Å². The first-order valence-electron chi connectivity index (χ1n) is 20.5. The molecule has 59 heavy (non-hydrogen) atoms. The van der Waals surface area contributed by atoms with E-state index in [1.54, 1.807) is 0 Å². The fraction of sp³-hybridized carbons (Fsp3) is 0.111. The van der Waals surface area contributed by atoms with Gasteiger partial charge in [0.25, 0.3) is 6.33 Å². The number of hydrogen-bond donors (Lipinski definition) is 0. The van der Waals surface area contributed by atoms with Crippen molar-refractivity contribution in [1.82, 2.24) is 14.1 Å². The monoisotopic (exact) mass is 758 g/mol. The second-order valence-electron chi connectivity index (χ2n) is 17.3. The topological polar surface area (TPSA) is 35.9 Å². The number of fused-ring (bicyclic) bond motifs is 4. The predicted octanol–water partition coefficient (Wildman–Crippen LogP) is 12.3. The van der Waals surface area contributed by atoms with Crippen molar-refractivity contribution in [2.45, 2.75) is 38.0 Å². The standard InChI is InChI=1S/C54H38N4O/c1-54(2,3)33-25-26-55-49(28-33)58-45-18-7-6-13-38(45)39-24-22-36(30-48(39)58)59-35-12-8-11-34(29-35)56-31-57-46-19-10-17-43-50-40-14-4-5-15-41(40)51(52(43)46)42-23-21-32(27-44(42)50)37-16-9-20-47(56)53(37)57/h4-30,50-51H,1-3H3. The summed E-state index contributed by atoms with van der Waals surface area (Å²) in [6.07, 6.45) is 5.80. The number of hydrogen-bond acceptors (Lipinski definition) is 2. The number of ether oxygens (including phenoxy) is 1. The predicted molar refractivity (Wildman–Crippen MR) is 235 cm³/mol. The molecule has 0 radical (unpaired) electrons. The largest absolute Gasteiger partial charge is 0.458 e. The van der Waals surface area contributed by atoms with Crippen LogP contribution in [0.25, 0.3) is 61.2 Å². The van der Waals surface area contributed by atoms with Gasteiger partial charge < -0.3 is 4.74 Å². The average molecular weight is 759 g/mol. The summed E-state index contributed by atoms with van der Waals surface area (Å²) in [7, 11) is 0. The minimum Gasteiger partial charge on any atom is -0.458 e. The molecule has 7 aromatic carbocycles. The Kier molecular flexibility index (Phi) is 6.49. The van der Waals surface area contributed by atoms with E-state index in [4.69, 9.17) is 9.72 Å². The van der Waals surface area contributed by atoms with Crippen molar-refractivity contribution in [2.24, 2.45) is 0 Å². The molecule has 0 spiro atoms. The van der Waals surface area contributed by atoms with Crippen LogP contribution < -0.4 is 9.30 Å². The van der Waals surface area contributed by atoms with Crippen LogP contribution in [0.3, 0.4) is 0 Å². The number of aromatic nitrogens is 4. The van der Waals surface area contributed by atoms with E-state index in [1.165, 1.54) is 61.1 Å². The molecule has 3 aliphatic carbocycles. The number of pyridine rings is 1. The third kappa shape index (κ3) is 4.56. The van der Waals surface area contributed by atoms with Crippen molar-refractivity contribution in [3.63, 3.8) is 0 Å². The molecule has 5 aliphatic rings. The molecule has 2 unspecified atom stereocenters. The summed E-state index contributed by atoms with van der Waals surface area (Å²) >= 11 is 0. The summed E-state index contributed by atoms with van der Waals surface area (Å²) in [4.78, 5) is 4.88. The van der Waals surface area contributed by atoms with E-state index in [0.717, 1.165) is 50.5 Å². The van der Waals surface area contributed by atoms with E-state index >= 15 is 0 Å². The molecule has 0 N–H and O–H groups in total. The van der Waals surface area contributed by atoms with Crippen LogP contribution in [-0.2, 0) is 5.41 Å². The quantitative estimate of drug-likeness (QED) is 0.132. The van der Waals surface area contributed by atoms with Crippen molar-refractivity contribution >= 4 is 32.8 Å². The molecule has 3 aromatic heterocycles. The number of rotatable bonds is 4. The highest BCUT2D eigenvalue weighted by Crippen LogP contribution is 2.57. The number of benzene rings is 7. The van der Waals surface area contributed by atoms with E-state index in [0.29, 0.717) is 0 Å². The van der Waals surface area contributed by atoms with E-state index in [2.05, 4.69) is 192 Å². The molecular weight excluding hydrogens is 721 g/mol. The maximum absolute atomic E-state index is 6.76. The Morgan fingerprint density at radius 2 is 1.34 bits per heavy atom. The van der Waals surface area contributed by atoms with Gasteiger partial charge in [-0.05, 0) is 110 Å². The Hall–Kier alpha value is -7.24. The lowest BCUT2D eigenvalue weighted by Gasteiger charge is -2.44. The first-order valence-corrected chi connectivity index (χ1v) is 20.5. The SMILES string of the molecule is CC(C)(C)c1ccnc(-n2c3ccccc3c3ccc(Oc4cccc(-n5[c-][n+]6c7c(cccc75)-c5ccc7c(c5)C5c8ccccc8C7c7c5cccc7-6)c4)cc32)c1. The lowest BCUT2D eigenvalue weighted by atomic mass is 9.60. The highest BCUT2D eigenvalue weighted by molar-refractivity contribution is 6.09. The van der Waals surface area contributed by atoms with Crippen molar-refractivity contribution in [1.29, 1.82) is 0 Å². The number of nitrogens with zero attached hydrogens (tertiary/aromatic N) is 4. The number of para-hydroxylation sites is 2. The van der Waals surface area contributed by atoms with Crippen molar-refractivity contribution in [2.75, 3.05) is 0 Å². The zero-order chi connectivity index (χ0) is 39.1. The minimum absolute atomic E-state index is 0.00401. The first-order chi connectivity index (χ1) is 28.9. The lowest BCUT2D eigenvalue weighted by Crippen LogP contribution is -2.37. The minimum atomic E-state index is -0.00401. The van der Waals surface area contributed by atoms with Crippen LogP contribution in [0.4, 0.5) is 0 Å². The van der Waals surface area contributed by atoms with E-state index in [1.807, 2.05) is 12.3 Å². The highest BCUT2D eigenvalue weighted by atomic mass is 16.5. The molecule has 2 aliphatic heterocycles. The fourth-order valence-corrected chi connectivity index (χ4v) is 10.4. The van der Waals surface area contributed by atoms with Gasteiger partial charge in [-0.25, -0.2) is 4.98 Å². The van der Waals surface area contributed by atoms with Gasteiger partial charge in [-0.2, -0.15) is 0 Å². The van der Waals surface area contributed by atoms with Crippen molar-refractivity contribution in [3.05, 3.63) is 209 Å². The van der Waals surface area contributed by atoms with Gasteiger partial charge in [0.2, 0.25) is 0 Å². The fourth-order valence-electron chi connectivity index (χ4n) is 10.4. The maximum Gasteiger partial charge on any atom is 0.269 e. The molecule has 2 atom stereocenters. The van der Waals surface area contributed by atoms with Gasteiger partial charge in [-0.3, -0.25) is 13.7 Å². The Labute approximate surface area is 342 Å². The average Bonchev–Trinajstić information content (AvgIpc) is 3.82. The third-order valence-electron chi connectivity index (χ3n) is 13.1. The molecule has 0 fully saturated rings. The van der Waals surface area contributed by atoms with Crippen LogP contribution in [-0.4, -0.2) is 14.1 Å². The highest BCUT2D eigenvalue weighted by Gasteiger charge is 2.43. The molecule has 5 heterocycles. The van der Waals surface area contributed by atoms with Gasteiger partial charge in [0, 0.05) is 34.9 Å². The molecule has 10 aromatic rings. The van der Waals surface area contributed by atoms with Crippen LogP contribution in [0.1, 0.15) is 71.6 Å². The second kappa shape index (κ2) is 11.7. The Morgan fingerprint density at radius 1 is 0.593 bits per heavy atom. The van der Waals surface area contributed by atoms with Gasteiger partial charge in [0.1, 0.15) is 17.3 Å². The summed E-state index contributed by atoms with van der Waals surface area (Å²) in [6, 6.07) is 57.4. The van der Waals surface area contributed by atoms with E-state index in [9.17, 15) is 0 Å². The van der Waals surface area contributed by atoms with Gasteiger partial charge >= 0.3 is 0 Å². The lowest BCUT2D eigenvalue weighted by molar-refractivity contribution is -0.572. The molecular formula is C54H38N4O. The summed E-state index contributed by atoms with van der Waals surface area (Å²) in [5.74, 6) is 2.79. The molecule has 0 saturated carbocycles. The summed E-state index contributed by atoms with van der Waals surface area (Å²) in [6.45, 7) is 6.72. The van der Waals surface area contributed by atoms with E-state index in [-0.39, 0.29) is 17.3 Å².